The molecule has 1 aromatic carbocycles. The zero-order chi connectivity index (χ0) is 15.8. The third-order valence-corrected chi connectivity index (χ3v) is 4.14. The molecule has 9 heteroatoms. The van der Waals surface area contributed by atoms with Gasteiger partial charge in [-0.25, -0.2) is 4.98 Å². The van der Waals surface area contributed by atoms with Crippen molar-refractivity contribution in [3.63, 3.8) is 0 Å². The van der Waals surface area contributed by atoms with Gasteiger partial charge in [0.15, 0.2) is 11.5 Å². The number of fused-ring (bicyclic) bond motifs is 2. The summed E-state index contributed by atoms with van der Waals surface area (Å²) in [6.45, 7) is 0.443. The van der Waals surface area contributed by atoms with Crippen LogP contribution in [0.25, 0.3) is 16.1 Å². The summed E-state index contributed by atoms with van der Waals surface area (Å²) in [6, 6.07) is 7.52. The first-order valence-corrected chi connectivity index (χ1v) is 7.78. The van der Waals surface area contributed by atoms with Crippen molar-refractivity contribution in [2.45, 2.75) is 6.42 Å². The Balaban J connectivity index is 1.51. The Morgan fingerprint density at radius 2 is 2.22 bits per heavy atom. The molecule has 0 saturated heterocycles. The van der Waals surface area contributed by atoms with Crippen molar-refractivity contribution in [1.82, 2.24) is 14.4 Å². The number of nitro groups is 1. The van der Waals surface area contributed by atoms with E-state index >= 15 is 0 Å². The minimum absolute atomic E-state index is 0.0567. The molecular formula is C14H11N5O3S. The largest absolute Gasteiger partial charge is 0.441 e. The van der Waals surface area contributed by atoms with Crippen molar-refractivity contribution in [2.24, 2.45) is 0 Å². The maximum Gasteiger partial charge on any atom is 0.372 e. The van der Waals surface area contributed by atoms with Gasteiger partial charge in [0, 0.05) is 18.3 Å². The second-order valence-corrected chi connectivity index (χ2v) is 5.72. The summed E-state index contributed by atoms with van der Waals surface area (Å²) in [6.07, 6.45) is 2.15. The fraction of sp³-hybridized carbons (Fsp3) is 0.143. The highest BCUT2D eigenvalue weighted by Gasteiger charge is 2.23. The van der Waals surface area contributed by atoms with Crippen molar-refractivity contribution in [3.8, 4) is 0 Å². The number of aromatic nitrogens is 3. The van der Waals surface area contributed by atoms with E-state index in [1.165, 1.54) is 15.7 Å². The average Bonchev–Trinajstić information content (AvgIpc) is 3.19. The predicted molar refractivity (Wildman–Crippen MR) is 85.9 cm³/mol. The minimum Gasteiger partial charge on any atom is -0.441 e. The summed E-state index contributed by atoms with van der Waals surface area (Å²) in [5, 5.41) is 16.0. The molecule has 4 aromatic rings. The van der Waals surface area contributed by atoms with Crippen LogP contribution in [0.5, 0.6) is 0 Å². The van der Waals surface area contributed by atoms with Crippen LogP contribution >= 0.6 is 11.3 Å². The van der Waals surface area contributed by atoms with Gasteiger partial charge in [-0.2, -0.15) is 9.38 Å². The quantitative estimate of drug-likeness (QED) is 0.446. The zero-order valence-corrected chi connectivity index (χ0v) is 12.6. The van der Waals surface area contributed by atoms with Crippen LogP contribution in [0.4, 0.5) is 11.6 Å². The number of nitrogens with zero attached hydrogens (tertiary/aromatic N) is 4. The standard InChI is InChI=1S/C14H11N5O3S/c20-19(21)13-12(17-14-18(13)7-8-23-14)15-6-5-11-16-9-3-1-2-4-10(9)22-11/h1-4,7-8,15H,5-6H2. The monoisotopic (exact) mass is 329 g/mol. The molecular weight excluding hydrogens is 318 g/mol. The highest BCUT2D eigenvalue weighted by molar-refractivity contribution is 7.15. The molecule has 0 bridgehead atoms. The lowest BCUT2D eigenvalue weighted by Crippen LogP contribution is -2.07. The van der Waals surface area contributed by atoms with Gasteiger partial charge in [0.2, 0.25) is 5.82 Å². The summed E-state index contributed by atoms with van der Waals surface area (Å²) in [5.74, 6) is 0.791. The number of hydrogen-bond donors (Lipinski definition) is 1. The SMILES string of the molecule is O=[N+]([O-])c1c(NCCc2nc3ccccc3o2)nc2sccn12. The van der Waals surface area contributed by atoms with Crippen molar-refractivity contribution in [2.75, 3.05) is 11.9 Å². The molecule has 0 spiro atoms. The van der Waals surface area contributed by atoms with Gasteiger partial charge in [0.1, 0.15) is 11.7 Å². The van der Waals surface area contributed by atoms with Crippen molar-refractivity contribution in [1.29, 1.82) is 0 Å². The summed E-state index contributed by atoms with van der Waals surface area (Å²) in [4.78, 5) is 20.0. The first-order valence-electron chi connectivity index (χ1n) is 6.90. The van der Waals surface area contributed by atoms with E-state index in [1.54, 1.807) is 11.6 Å². The lowest BCUT2D eigenvalue weighted by Gasteiger charge is -2.01. The molecule has 0 fully saturated rings. The number of hydrogen-bond acceptors (Lipinski definition) is 7. The number of oxazole rings is 1. The van der Waals surface area contributed by atoms with E-state index in [0.717, 1.165) is 11.1 Å². The van der Waals surface area contributed by atoms with E-state index in [1.807, 2.05) is 24.3 Å². The van der Waals surface area contributed by atoms with E-state index in [-0.39, 0.29) is 11.6 Å². The Morgan fingerprint density at radius 1 is 1.35 bits per heavy atom. The number of anilines is 1. The molecule has 23 heavy (non-hydrogen) atoms. The molecule has 0 atom stereocenters. The topological polar surface area (TPSA) is 98.5 Å². The Hall–Kier alpha value is -2.94. The number of rotatable bonds is 5. The molecule has 0 aliphatic heterocycles. The molecule has 8 nitrogen and oxygen atoms in total. The Labute approximate surface area is 133 Å². The smallest absolute Gasteiger partial charge is 0.372 e. The Morgan fingerprint density at radius 3 is 3.04 bits per heavy atom. The predicted octanol–water partition coefficient (Wildman–Crippen LogP) is 3.10. The molecule has 0 radical (unpaired) electrons. The van der Waals surface area contributed by atoms with Gasteiger partial charge in [-0.15, -0.1) is 0 Å². The molecule has 3 heterocycles. The maximum absolute atomic E-state index is 11.2. The van der Waals surface area contributed by atoms with Crippen LogP contribution in [0, 0.1) is 10.1 Å². The molecule has 0 aliphatic rings. The van der Waals surface area contributed by atoms with Gasteiger partial charge < -0.3 is 19.8 Å². The fourth-order valence-corrected chi connectivity index (χ4v) is 3.09. The van der Waals surface area contributed by atoms with Crippen molar-refractivity contribution in [3.05, 3.63) is 51.8 Å². The average molecular weight is 329 g/mol. The first-order chi connectivity index (χ1) is 11.2. The number of nitrogens with one attached hydrogen (secondary N) is 1. The molecule has 116 valence electrons. The molecule has 1 N–H and O–H groups in total. The third kappa shape index (κ3) is 2.40. The Kier molecular flexibility index (Phi) is 3.19. The molecule has 0 aliphatic carbocycles. The summed E-state index contributed by atoms with van der Waals surface area (Å²) < 4.78 is 7.08. The zero-order valence-electron chi connectivity index (χ0n) is 11.8. The van der Waals surface area contributed by atoms with Crippen molar-refractivity contribution >= 4 is 39.0 Å². The van der Waals surface area contributed by atoms with Crippen LogP contribution in [-0.4, -0.2) is 25.8 Å². The summed E-state index contributed by atoms with van der Waals surface area (Å²) >= 11 is 1.35. The summed E-state index contributed by atoms with van der Waals surface area (Å²) in [7, 11) is 0. The molecule has 0 unspecified atom stereocenters. The minimum atomic E-state index is -0.436. The number of para-hydroxylation sites is 2. The van der Waals surface area contributed by atoms with Crippen LogP contribution in [0.2, 0.25) is 0 Å². The maximum atomic E-state index is 11.2. The molecule has 0 amide bonds. The van der Waals surface area contributed by atoms with Gasteiger partial charge in [0.05, 0.1) is 0 Å². The van der Waals surface area contributed by atoms with Crippen LogP contribution < -0.4 is 5.32 Å². The Bertz CT molecular complexity index is 969. The van der Waals surface area contributed by atoms with Crippen LogP contribution in [-0.2, 0) is 6.42 Å². The highest BCUT2D eigenvalue weighted by Crippen LogP contribution is 2.27. The second-order valence-electron chi connectivity index (χ2n) is 4.85. The van der Waals surface area contributed by atoms with Crippen molar-refractivity contribution < 1.29 is 9.34 Å². The van der Waals surface area contributed by atoms with Gasteiger partial charge in [-0.3, -0.25) is 0 Å². The first kappa shape index (κ1) is 13.7. The van der Waals surface area contributed by atoms with Crippen LogP contribution in [0.3, 0.4) is 0 Å². The van der Waals surface area contributed by atoms with E-state index in [2.05, 4.69) is 15.3 Å². The van der Waals surface area contributed by atoms with Gasteiger partial charge in [-0.05, 0) is 17.1 Å². The molecule has 3 aromatic heterocycles. The normalized spacial score (nSPS) is 11.3. The van der Waals surface area contributed by atoms with Crippen LogP contribution in [0.15, 0.2) is 40.3 Å². The molecule has 4 rings (SSSR count). The number of imidazole rings is 1. The van der Waals surface area contributed by atoms with Gasteiger partial charge in [-0.1, -0.05) is 23.5 Å². The van der Waals surface area contributed by atoms with E-state index in [9.17, 15) is 10.1 Å². The van der Waals surface area contributed by atoms with E-state index < -0.39 is 4.92 Å². The van der Waals surface area contributed by atoms with E-state index in [4.69, 9.17) is 4.42 Å². The number of benzene rings is 1. The van der Waals surface area contributed by atoms with Gasteiger partial charge in [0.25, 0.3) is 4.96 Å². The lowest BCUT2D eigenvalue weighted by atomic mass is 10.3. The fourth-order valence-electron chi connectivity index (χ4n) is 2.38. The third-order valence-electron chi connectivity index (χ3n) is 3.38. The van der Waals surface area contributed by atoms with E-state index in [0.29, 0.717) is 23.8 Å². The highest BCUT2D eigenvalue weighted by atomic mass is 32.1. The summed E-state index contributed by atoms with van der Waals surface area (Å²) in [5.41, 5.74) is 1.53. The lowest BCUT2D eigenvalue weighted by molar-refractivity contribution is -0.389. The second kappa shape index (κ2) is 5.36. The van der Waals surface area contributed by atoms with Crippen LogP contribution in [0.1, 0.15) is 5.89 Å². The number of thiazole rings is 1. The molecule has 0 saturated carbocycles. The van der Waals surface area contributed by atoms with Gasteiger partial charge >= 0.3 is 5.82 Å².